The molecule has 1 aromatic heterocycles. The van der Waals surface area contributed by atoms with Crippen LogP contribution in [0, 0.1) is 0 Å². The fourth-order valence-electron chi connectivity index (χ4n) is 3.97. The number of nitrogens with zero attached hydrogens (tertiary/aromatic N) is 1. The zero-order valence-electron chi connectivity index (χ0n) is 16.8. The summed E-state index contributed by atoms with van der Waals surface area (Å²) in [5.41, 5.74) is 0.956. The van der Waals surface area contributed by atoms with Crippen molar-refractivity contribution in [3.8, 4) is 0 Å². The molecule has 1 aliphatic rings. The molecule has 3 nitrogen and oxygen atoms in total. The van der Waals surface area contributed by atoms with E-state index in [-0.39, 0.29) is 11.7 Å². The van der Waals surface area contributed by atoms with Crippen LogP contribution in [0.4, 0.5) is 0 Å². The van der Waals surface area contributed by atoms with Gasteiger partial charge in [0.15, 0.2) is 8.32 Å². The molecule has 0 N–H and O–H groups in total. The Hall–Kier alpha value is -0.133. The van der Waals surface area contributed by atoms with Gasteiger partial charge in [0.2, 0.25) is 0 Å². The molecular weight excluding hydrogens is 385 g/mol. The van der Waals surface area contributed by atoms with Crippen molar-refractivity contribution >= 4 is 31.5 Å². The fraction of sp³-hybridized carbons (Fsp3) is 0.750. The minimum absolute atomic E-state index is 0.0486. The van der Waals surface area contributed by atoms with Gasteiger partial charge in [0.25, 0.3) is 0 Å². The van der Waals surface area contributed by atoms with Gasteiger partial charge in [-0.3, -0.25) is 4.98 Å². The van der Waals surface area contributed by atoms with Crippen molar-refractivity contribution < 1.29 is 9.16 Å². The molecule has 1 unspecified atom stereocenters. The zero-order valence-corrected chi connectivity index (χ0v) is 19.3. The number of pyridine rings is 1. The van der Waals surface area contributed by atoms with Gasteiger partial charge in [-0.05, 0) is 51.2 Å². The molecule has 0 bridgehead atoms. The molecule has 2 heterocycles. The molecule has 0 spiro atoms. The Morgan fingerprint density at radius 3 is 2.19 bits per heavy atom. The lowest BCUT2D eigenvalue weighted by Gasteiger charge is -2.43. The topological polar surface area (TPSA) is 31.4 Å². The van der Waals surface area contributed by atoms with E-state index in [4.69, 9.17) is 32.4 Å². The third kappa shape index (κ3) is 5.45. The average Bonchev–Trinajstić information content (AvgIpc) is 2.57. The van der Waals surface area contributed by atoms with Crippen molar-refractivity contribution in [3.05, 3.63) is 28.0 Å². The van der Waals surface area contributed by atoms with Crippen molar-refractivity contribution in [1.29, 1.82) is 0 Å². The summed E-state index contributed by atoms with van der Waals surface area (Å²) < 4.78 is 12.7. The summed E-state index contributed by atoms with van der Waals surface area (Å²) in [6, 6.07) is 3.32. The smallest absolute Gasteiger partial charge is 0.192 e. The van der Waals surface area contributed by atoms with Gasteiger partial charge in [0, 0.05) is 24.4 Å². The van der Waals surface area contributed by atoms with Crippen LogP contribution >= 0.6 is 23.2 Å². The molecule has 1 aromatic rings. The molecule has 26 heavy (non-hydrogen) atoms. The number of ether oxygens (including phenoxy) is 1. The Morgan fingerprint density at radius 2 is 1.73 bits per heavy atom. The molecule has 0 aromatic carbocycles. The second kappa shape index (κ2) is 9.38. The molecular formula is C20H33Cl2NO2Si. The summed E-state index contributed by atoms with van der Waals surface area (Å²) in [5.74, 6) is 0. The van der Waals surface area contributed by atoms with Crippen molar-refractivity contribution in [1.82, 2.24) is 4.98 Å². The van der Waals surface area contributed by atoms with Gasteiger partial charge in [-0.2, -0.15) is 0 Å². The highest BCUT2D eigenvalue weighted by atomic mass is 35.5. The van der Waals surface area contributed by atoms with Gasteiger partial charge in [-0.25, -0.2) is 0 Å². The summed E-state index contributed by atoms with van der Waals surface area (Å²) in [4.78, 5) is 4.10. The molecule has 1 fully saturated rings. The van der Waals surface area contributed by atoms with Crippen LogP contribution in [0.1, 0.15) is 72.0 Å². The first-order valence-corrected chi connectivity index (χ1v) is 13.2. The quantitative estimate of drug-likeness (QED) is 0.377. The SMILES string of the molecule is CC[Si](CC)(CC)OC(CCC[C@H]1CC(C)(C)O1)c1c(Cl)cncc1Cl. The molecule has 148 valence electrons. The van der Waals surface area contributed by atoms with E-state index < -0.39 is 8.32 Å². The maximum absolute atomic E-state index is 6.81. The molecule has 0 saturated carbocycles. The van der Waals surface area contributed by atoms with Gasteiger partial charge >= 0.3 is 0 Å². The highest BCUT2D eigenvalue weighted by Gasteiger charge is 2.37. The van der Waals surface area contributed by atoms with E-state index in [2.05, 4.69) is 39.6 Å². The van der Waals surface area contributed by atoms with Gasteiger partial charge in [0.05, 0.1) is 27.9 Å². The average molecular weight is 418 g/mol. The summed E-state index contributed by atoms with van der Waals surface area (Å²) in [7, 11) is -1.77. The Bertz CT molecular complexity index is 557. The lowest BCUT2D eigenvalue weighted by atomic mass is 9.89. The minimum Gasteiger partial charge on any atom is -0.410 e. The van der Waals surface area contributed by atoms with Gasteiger partial charge in [-0.15, -0.1) is 0 Å². The van der Waals surface area contributed by atoms with Crippen LogP contribution in [0.15, 0.2) is 12.4 Å². The maximum atomic E-state index is 6.81. The second-order valence-corrected chi connectivity index (χ2v) is 13.5. The first kappa shape index (κ1) is 22.2. The Balaban J connectivity index is 2.11. The van der Waals surface area contributed by atoms with Crippen LogP contribution < -0.4 is 0 Å². The molecule has 0 amide bonds. The summed E-state index contributed by atoms with van der Waals surface area (Å²) >= 11 is 12.9. The summed E-state index contributed by atoms with van der Waals surface area (Å²) in [6.07, 6.45) is 7.81. The molecule has 2 atom stereocenters. The predicted octanol–water partition coefficient (Wildman–Crippen LogP) is 7.19. The zero-order chi connectivity index (χ0) is 19.4. The second-order valence-electron chi connectivity index (χ2n) is 8.00. The van der Waals surface area contributed by atoms with E-state index in [9.17, 15) is 0 Å². The number of hydrogen-bond donors (Lipinski definition) is 0. The van der Waals surface area contributed by atoms with E-state index in [0.717, 1.165) is 49.4 Å². The lowest BCUT2D eigenvalue weighted by Crippen LogP contribution is -2.45. The van der Waals surface area contributed by atoms with E-state index in [1.807, 2.05) is 0 Å². The number of aromatic nitrogens is 1. The van der Waals surface area contributed by atoms with Crippen LogP contribution in [-0.4, -0.2) is 25.0 Å². The Labute approximate surface area is 169 Å². The third-order valence-corrected chi connectivity index (χ3v) is 11.0. The number of halogens is 2. The van der Waals surface area contributed by atoms with E-state index >= 15 is 0 Å². The molecule has 6 heteroatoms. The first-order valence-electron chi connectivity index (χ1n) is 9.90. The van der Waals surface area contributed by atoms with Crippen LogP contribution in [0.25, 0.3) is 0 Å². The molecule has 1 aliphatic heterocycles. The maximum Gasteiger partial charge on any atom is 0.192 e. The summed E-state index contributed by atoms with van der Waals surface area (Å²) in [6.45, 7) is 11.0. The molecule has 1 saturated heterocycles. The monoisotopic (exact) mass is 417 g/mol. The van der Waals surface area contributed by atoms with Gasteiger partial charge < -0.3 is 9.16 Å². The standard InChI is InChI=1S/C20H33Cl2NO2Si/c1-6-26(7-2,8-3)25-18(19-16(21)13-23-14-17(19)22)11-9-10-15-12-20(4,5)24-15/h13-15,18H,6-12H2,1-5H3/t15-,18?/m0/s1. The van der Waals surface area contributed by atoms with Crippen LogP contribution in [0.2, 0.25) is 28.2 Å². The Morgan fingerprint density at radius 1 is 1.19 bits per heavy atom. The molecule has 0 radical (unpaired) electrons. The highest BCUT2D eigenvalue weighted by Crippen LogP contribution is 2.40. The fourth-order valence-corrected chi connectivity index (χ4v) is 7.42. The molecule has 0 aliphatic carbocycles. The van der Waals surface area contributed by atoms with Crippen LogP contribution in [0.3, 0.4) is 0 Å². The van der Waals surface area contributed by atoms with Crippen molar-refractivity contribution in [2.75, 3.05) is 0 Å². The van der Waals surface area contributed by atoms with Crippen LogP contribution in [0.5, 0.6) is 0 Å². The lowest BCUT2D eigenvalue weighted by molar-refractivity contribution is -0.186. The van der Waals surface area contributed by atoms with Crippen molar-refractivity contribution in [3.63, 3.8) is 0 Å². The normalized spacial score (nSPS) is 20.7. The third-order valence-electron chi connectivity index (χ3n) is 5.73. The van der Waals surface area contributed by atoms with Gasteiger partial charge in [0.1, 0.15) is 0 Å². The predicted molar refractivity (Wildman–Crippen MR) is 113 cm³/mol. The van der Waals surface area contributed by atoms with Crippen molar-refractivity contribution in [2.45, 2.75) is 96.2 Å². The molecule has 2 rings (SSSR count). The minimum atomic E-state index is -1.77. The van der Waals surface area contributed by atoms with Gasteiger partial charge in [-0.1, -0.05) is 44.0 Å². The van der Waals surface area contributed by atoms with E-state index in [1.54, 1.807) is 12.4 Å². The van der Waals surface area contributed by atoms with Crippen LogP contribution in [-0.2, 0) is 9.16 Å². The number of rotatable bonds is 10. The largest absolute Gasteiger partial charge is 0.410 e. The highest BCUT2D eigenvalue weighted by molar-refractivity contribution is 6.73. The Kier molecular flexibility index (Phi) is 7.99. The summed E-state index contributed by atoms with van der Waals surface area (Å²) in [5, 5.41) is 1.21. The van der Waals surface area contributed by atoms with Crippen molar-refractivity contribution in [2.24, 2.45) is 0 Å². The van der Waals surface area contributed by atoms with E-state index in [0.29, 0.717) is 16.1 Å². The first-order chi connectivity index (χ1) is 12.3. The number of hydrogen-bond acceptors (Lipinski definition) is 3. The van der Waals surface area contributed by atoms with E-state index in [1.165, 1.54) is 0 Å².